The molecule has 0 bridgehead atoms. The zero-order valence-electron chi connectivity index (χ0n) is 11.8. The molecule has 0 aliphatic carbocycles. The van der Waals surface area contributed by atoms with Crippen molar-refractivity contribution in [3.8, 4) is 6.07 Å². The van der Waals surface area contributed by atoms with Crippen LogP contribution in [0.3, 0.4) is 0 Å². The van der Waals surface area contributed by atoms with Gasteiger partial charge in [0.25, 0.3) is 0 Å². The summed E-state index contributed by atoms with van der Waals surface area (Å²) >= 11 is 6.04. The number of benzene rings is 1. The van der Waals surface area contributed by atoms with Gasteiger partial charge in [0, 0.05) is 31.9 Å². The van der Waals surface area contributed by atoms with Gasteiger partial charge in [-0.3, -0.25) is 9.78 Å². The van der Waals surface area contributed by atoms with Crippen molar-refractivity contribution in [3.05, 3.63) is 58.9 Å². The maximum absolute atomic E-state index is 11.8. The molecule has 1 heterocycles. The third kappa shape index (κ3) is 4.47. The molecule has 2 aromatic rings. The zero-order valence-corrected chi connectivity index (χ0v) is 12.6. The fourth-order valence-electron chi connectivity index (χ4n) is 1.89. The van der Waals surface area contributed by atoms with Crippen LogP contribution in [0.4, 0.5) is 5.69 Å². The number of nitriles is 1. The lowest BCUT2D eigenvalue weighted by molar-refractivity contribution is -0.121. The summed E-state index contributed by atoms with van der Waals surface area (Å²) in [6, 6.07) is 10.9. The van der Waals surface area contributed by atoms with Gasteiger partial charge in [-0.1, -0.05) is 17.7 Å². The largest absolute Gasteiger partial charge is 0.382 e. The van der Waals surface area contributed by atoms with Gasteiger partial charge < -0.3 is 10.6 Å². The summed E-state index contributed by atoms with van der Waals surface area (Å²) in [5.74, 6) is -0.0742. The number of hydrogen-bond donors (Lipinski definition) is 2. The highest BCUT2D eigenvalue weighted by Gasteiger charge is 2.07. The minimum Gasteiger partial charge on any atom is -0.382 e. The summed E-state index contributed by atoms with van der Waals surface area (Å²) in [4.78, 5) is 15.7. The van der Waals surface area contributed by atoms with Gasteiger partial charge in [-0.25, -0.2) is 0 Å². The molecule has 112 valence electrons. The lowest BCUT2D eigenvalue weighted by Crippen LogP contribution is -2.25. The number of amides is 1. The van der Waals surface area contributed by atoms with Crippen LogP contribution in [0.1, 0.15) is 17.5 Å². The first-order chi connectivity index (χ1) is 10.7. The van der Waals surface area contributed by atoms with Crippen LogP contribution in [-0.2, 0) is 11.3 Å². The molecular formula is C16H15ClN4O. The van der Waals surface area contributed by atoms with E-state index in [1.165, 1.54) is 0 Å². The third-order valence-electron chi connectivity index (χ3n) is 3.03. The molecule has 0 saturated heterocycles. The van der Waals surface area contributed by atoms with Crippen molar-refractivity contribution in [3.63, 3.8) is 0 Å². The number of carbonyl (C=O) groups excluding carboxylic acids is 1. The third-order valence-corrected chi connectivity index (χ3v) is 3.34. The van der Waals surface area contributed by atoms with E-state index in [2.05, 4.69) is 21.7 Å². The van der Waals surface area contributed by atoms with Gasteiger partial charge in [-0.15, -0.1) is 0 Å². The summed E-state index contributed by atoms with van der Waals surface area (Å²) in [5.41, 5.74) is 2.02. The SMILES string of the molecule is N#Cc1cccc(Cl)c1NCCC(=O)NCc1ccncc1. The number of aromatic nitrogens is 1. The average Bonchev–Trinajstić information content (AvgIpc) is 2.55. The lowest BCUT2D eigenvalue weighted by Gasteiger charge is -2.10. The predicted molar refractivity (Wildman–Crippen MR) is 85.4 cm³/mol. The van der Waals surface area contributed by atoms with Crippen molar-refractivity contribution in [2.24, 2.45) is 0 Å². The molecule has 2 rings (SSSR count). The Morgan fingerprint density at radius 2 is 2.05 bits per heavy atom. The molecule has 0 atom stereocenters. The predicted octanol–water partition coefficient (Wildman–Crippen LogP) is 2.73. The number of rotatable bonds is 6. The number of carbonyl (C=O) groups is 1. The molecule has 5 nitrogen and oxygen atoms in total. The van der Waals surface area contributed by atoms with Crippen LogP contribution in [0.15, 0.2) is 42.7 Å². The van der Waals surface area contributed by atoms with Crippen LogP contribution in [0, 0.1) is 11.3 Å². The van der Waals surface area contributed by atoms with E-state index in [1.54, 1.807) is 30.6 Å². The highest BCUT2D eigenvalue weighted by atomic mass is 35.5. The molecule has 22 heavy (non-hydrogen) atoms. The first-order valence-corrected chi connectivity index (χ1v) is 7.16. The normalized spacial score (nSPS) is 9.82. The van der Waals surface area contributed by atoms with Crippen molar-refractivity contribution >= 4 is 23.2 Å². The van der Waals surface area contributed by atoms with E-state index in [1.807, 2.05) is 12.1 Å². The Kier molecular flexibility index (Phi) is 5.75. The molecule has 1 amide bonds. The Labute approximate surface area is 133 Å². The van der Waals surface area contributed by atoms with Crippen LogP contribution in [0.5, 0.6) is 0 Å². The van der Waals surface area contributed by atoms with Crippen molar-refractivity contribution in [1.29, 1.82) is 5.26 Å². The van der Waals surface area contributed by atoms with Gasteiger partial charge in [0.05, 0.1) is 16.3 Å². The first-order valence-electron chi connectivity index (χ1n) is 6.79. The van der Waals surface area contributed by atoms with Crippen molar-refractivity contribution < 1.29 is 4.79 Å². The van der Waals surface area contributed by atoms with Crippen LogP contribution < -0.4 is 10.6 Å². The van der Waals surface area contributed by atoms with Gasteiger partial charge >= 0.3 is 0 Å². The van der Waals surface area contributed by atoms with E-state index in [0.29, 0.717) is 35.8 Å². The Morgan fingerprint density at radius 1 is 1.27 bits per heavy atom. The summed E-state index contributed by atoms with van der Waals surface area (Å²) in [5, 5.41) is 15.4. The Morgan fingerprint density at radius 3 is 2.77 bits per heavy atom. The number of hydrogen-bond acceptors (Lipinski definition) is 4. The topological polar surface area (TPSA) is 77.8 Å². The Bertz CT molecular complexity index is 682. The van der Waals surface area contributed by atoms with Gasteiger partial charge in [0.2, 0.25) is 5.91 Å². The van der Waals surface area contributed by atoms with Crippen LogP contribution in [-0.4, -0.2) is 17.4 Å². The monoisotopic (exact) mass is 314 g/mol. The molecule has 0 saturated carbocycles. The van der Waals surface area contributed by atoms with Crippen LogP contribution >= 0.6 is 11.6 Å². The molecule has 0 unspecified atom stereocenters. The lowest BCUT2D eigenvalue weighted by atomic mass is 10.2. The van der Waals surface area contributed by atoms with Gasteiger partial charge in [0.1, 0.15) is 6.07 Å². The minimum absolute atomic E-state index is 0.0742. The van der Waals surface area contributed by atoms with E-state index in [0.717, 1.165) is 5.56 Å². The summed E-state index contributed by atoms with van der Waals surface area (Å²) in [6.07, 6.45) is 3.66. The van der Waals surface area contributed by atoms with E-state index in [9.17, 15) is 4.79 Å². The van der Waals surface area contributed by atoms with Crippen LogP contribution in [0.25, 0.3) is 0 Å². The molecule has 0 radical (unpaired) electrons. The average molecular weight is 315 g/mol. The Hall–Kier alpha value is -2.58. The highest BCUT2D eigenvalue weighted by Crippen LogP contribution is 2.25. The number of para-hydroxylation sites is 1. The molecule has 0 aliphatic heterocycles. The van der Waals surface area contributed by atoms with Gasteiger partial charge in [-0.05, 0) is 29.8 Å². The van der Waals surface area contributed by atoms with Crippen molar-refractivity contribution in [1.82, 2.24) is 10.3 Å². The number of nitrogens with one attached hydrogen (secondary N) is 2. The first kappa shape index (κ1) is 15.8. The Balaban J connectivity index is 1.79. The quantitative estimate of drug-likeness (QED) is 0.859. The number of nitrogens with zero attached hydrogens (tertiary/aromatic N) is 2. The molecular weight excluding hydrogens is 300 g/mol. The molecule has 6 heteroatoms. The van der Waals surface area contributed by atoms with Crippen LogP contribution in [0.2, 0.25) is 5.02 Å². The van der Waals surface area contributed by atoms with Gasteiger partial charge in [0.15, 0.2) is 0 Å². The van der Waals surface area contributed by atoms with Crippen molar-refractivity contribution in [2.45, 2.75) is 13.0 Å². The molecule has 0 spiro atoms. The smallest absolute Gasteiger partial charge is 0.222 e. The summed E-state index contributed by atoms with van der Waals surface area (Å²) in [6.45, 7) is 0.873. The van der Waals surface area contributed by atoms with E-state index in [4.69, 9.17) is 16.9 Å². The van der Waals surface area contributed by atoms with Gasteiger partial charge in [-0.2, -0.15) is 5.26 Å². The van der Waals surface area contributed by atoms with E-state index in [-0.39, 0.29) is 5.91 Å². The van der Waals surface area contributed by atoms with E-state index >= 15 is 0 Å². The standard InChI is InChI=1S/C16H15ClN4O/c17-14-3-1-2-13(10-18)16(14)20-9-6-15(22)21-11-12-4-7-19-8-5-12/h1-5,7-8,20H,6,9,11H2,(H,21,22). The number of pyridine rings is 1. The molecule has 2 N–H and O–H groups in total. The second kappa shape index (κ2) is 8.01. The number of anilines is 1. The maximum Gasteiger partial charge on any atom is 0.222 e. The highest BCUT2D eigenvalue weighted by molar-refractivity contribution is 6.33. The molecule has 0 aliphatic rings. The molecule has 1 aromatic carbocycles. The summed E-state index contributed by atoms with van der Waals surface area (Å²) in [7, 11) is 0. The second-order valence-electron chi connectivity index (χ2n) is 4.58. The number of halogens is 1. The molecule has 1 aromatic heterocycles. The minimum atomic E-state index is -0.0742. The fourth-order valence-corrected chi connectivity index (χ4v) is 2.13. The summed E-state index contributed by atoms with van der Waals surface area (Å²) < 4.78 is 0. The maximum atomic E-state index is 11.8. The molecule has 0 fully saturated rings. The fraction of sp³-hybridized carbons (Fsp3) is 0.188. The van der Waals surface area contributed by atoms with E-state index < -0.39 is 0 Å². The zero-order chi connectivity index (χ0) is 15.8. The van der Waals surface area contributed by atoms with Crippen molar-refractivity contribution in [2.75, 3.05) is 11.9 Å². The second-order valence-corrected chi connectivity index (χ2v) is 4.99.